The molecule has 0 aliphatic heterocycles. The predicted molar refractivity (Wildman–Crippen MR) is 224 cm³/mol. The van der Waals surface area contributed by atoms with E-state index in [4.69, 9.17) is 4.42 Å². The molecule has 2 nitrogen and oxygen atoms in total. The highest BCUT2D eigenvalue weighted by Crippen LogP contribution is 2.46. The lowest BCUT2D eigenvalue weighted by Crippen LogP contribution is -2.17. The van der Waals surface area contributed by atoms with Gasteiger partial charge in [0.25, 0.3) is 0 Å². The van der Waals surface area contributed by atoms with Gasteiger partial charge in [0.1, 0.15) is 11.2 Å². The van der Waals surface area contributed by atoms with Gasteiger partial charge in [0.2, 0.25) is 0 Å². The highest BCUT2D eigenvalue weighted by atomic mass is 16.3. The van der Waals surface area contributed by atoms with Crippen molar-refractivity contribution in [3.05, 3.63) is 206 Å². The largest absolute Gasteiger partial charge is 0.455 e. The van der Waals surface area contributed by atoms with Crippen LogP contribution >= 0.6 is 0 Å². The van der Waals surface area contributed by atoms with Gasteiger partial charge >= 0.3 is 0 Å². The maximum Gasteiger partial charge on any atom is 0.145 e. The fourth-order valence-corrected chi connectivity index (χ4v) is 8.06. The number of furan rings is 1. The average molecular weight is 678 g/mol. The third kappa shape index (κ3) is 5.44. The molecule has 2 heteroatoms. The van der Waals surface area contributed by atoms with Crippen LogP contribution in [-0.4, -0.2) is 0 Å². The first-order valence-corrected chi connectivity index (χ1v) is 18.2. The fraction of sp³-hybridized carbons (Fsp3) is 0.0196. The molecule has 0 saturated heterocycles. The highest BCUT2D eigenvalue weighted by molar-refractivity contribution is 6.16. The molecule has 0 aliphatic rings. The lowest BCUT2D eigenvalue weighted by atomic mass is 9.93. The van der Waals surface area contributed by atoms with Gasteiger partial charge in [0, 0.05) is 23.2 Å². The number of benzene rings is 9. The highest BCUT2D eigenvalue weighted by Gasteiger charge is 2.23. The summed E-state index contributed by atoms with van der Waals surface area (Å²) in [4.78, 5) is 2.50. The summed E-state index contributed by atoms with van der Waals surface area (Å²) in [5, 5.41) is 7.25. The maximum atomic E-state index is 6.79. The summed E-state index contributed by atoms with van der Waals surface area (Å²) in [5.74, 6) is 0. The third-order valence-electron chi connectivity index (χ3n) is 10.5. The van der Waals surface area contributed by atoms with Crippen molar-refractivity contribution in [1.82, 2.24) is 0 Å². The topological polar surface area (TPSA) is 16.4 Å². The lowest BCUT2D eigenvalue weighted by molar-refractivity contribution is 0.670. The molecule has 0 N–H and O–H groups in total. The fourth-order valence-electron chi connectivity index (χ4n) is 8.06. The second kappa shape index (κ2) is 13.0. The van der Waals surface area contributed by atoms with Crippen molar-refractivity contribution in [3.63, 3.8) is 0 Å². The van der Waals surface area contributed by atoms with E-state index in [0.29, 0.717) is 6.54 Å². The number of nitrogens with zero attached hydrogens (tertiary/aromatic N) is 1. The quantitative estimate of drug-likeness (QED) is 0.156. The van der Waals surface area contributed by atoms with Crippen molar-refractivity contribution in [2.75, 3.05) is 4.90 Å². The van der Waals surface area contributed by atoms with Gasteiger partial charge in [0.05, 0.1) is 11.1 Å². The van der Waals surface area contributed by atoms with E-state index in [1.54, 1.807) is 0 Å². The molecule has 1 heterocycles. The Morgan fingerprint density at radius 3 is 1.74 bits per heavy atom. The molecule has 10 rings (SSSR count). The minimum Gasteiger partial charge on any atom is -0.455 e. The smallest absolute Gasteiger partial charge is 0.145 e. The molecule has 0 fully saturated rings. The molecule has 0 aliphatic carbocycles. The van der Waals surface area contributed by atoms with E-state index in [9.17, 15) is 0 Å². The molecule has 10 aromatic rings. The van der Waals surface area contributed by atoms with E-state index < -0.39 is 0 Å². The number of rotatable bonds is 7. The van der Waals surface area contributed by atoms with Crippen LogP contribution in [0.2, 0.25) is 0 Å². The van der Waals surface area contributed by atoms with E-state index in [1.165, 1.54) is 49.4 Å². The van der Waals surface area contributed by atoms with Gasteiger partial charge in [0.15, 0.2) is 0 Å². The van der Waals surface area contributed by atoms with Crippen molar-refractivity contribution in [3.8, 4) is 33.4 Å². The summed E-state index contributed by atoms with van der Waals surface area (Å²) >= 11 is 0. The maximum absolute atomic E-state index is 6.79. The number of para-hydroxylation sites is 1. The Hall–Kier alpha value is -6.90. The predicted octanol–water partition coefficient (Wildman–Crippen LogP) is 14.2. The number of hydrogen-bond acceptors (Lipinski definition) is 2. The minimum absolute atomic E-state index is 0.656. The molecule has 0 bridgehead atoms. The van der Waals surface area contributed by atoms with E-state index in [0.717, 1.165) is 44.4 Å². The number of anilines is 2. The summed E-state index contributed by atoms with van der Waals surface area (Å²) in [6, 6.07) is 71.9. The van der Waals surface area contributed by atoms with Gasteiger partial charge in [-0.3, -0.25) is 0 Å². The minimum atomic E-state index is 0.656. The monoisotopic (exact) mass is 677 g/mol. The Kier molecular flexibility index (Phi) is 7.58. The normalized spacial score (nSPS) is 11.5. The second-order valence-corrected chi connectivity index (χ2v) is 13.7. The summed E-state index contributed by atoms with van der Waals surface area (Å²) < 4.78 is 6.79. The van der Waals surface area contributed by atoms with Crippen LogP contribution in [0.4, 0.5) is 11.4 Å². The van der Waals surface area contributed by atoms with Crippen LogP contribution < -0.4 is 4.90 Å². The Labute approximate surface area is 308 Å². The summed E-state index contributed by atoms with van der Waals surface area (Å²) in [7, 11) is 0. The van der Waals surface area contributed by atoms with Gasteiger partial charge in [-0.2, -0.15) is 0 Å². The number of hydrogen-bond donors (Lipinski definition) is 0. The molecule has 0 unspecified atom stereocenters. The SMILES string of the molecule is c1ccc(-c2ccc(N(Cc3cccc4ccc5ccccc5c34)c3ccc(-c4ccccc4)c4oc5ccccc5c34)cc2-c2ccccc2)cc1. The molecular weight excluding hydrogens is 643 g/mol. The molecule has 250 valence electrons. The average Bonchev–Trinajstić information content (AvgIpc) is 3.63. The van der Waals surface area contributed by atoms with Gasteiger partial charge in [-0.15, -0.1) is 0 Å². The second-order valence-electron chi connectivity index (χ2n) is 13.7. The van der Waals surface area contributed by atoms with Crippen molar-refractivity contribution in [2.45, 2.75) is 6.54 Å². The van der Waals surface area contributed by atoms with Crippen LogP contribution in [0.1, 0.15) is 5.56 Å². The van der Waals surface area contributed by atoms with Crippen molar-refractivity contribution in [2.24, 2.45) is 0 Å². The van der Waals surface area contributed by atoms with Crippen molar-refractivity contribution in [1.29, 1.82) is 0 Å². The van der Waals surface area contributed by atoms with Crippen LogP contribution in [0.3, 0.4) is 0 Å². The van der Waals surface area contributed by atoms with Crippen LogP contribution in [0.25, 0.3) is 76.9 Å². The summed E-state index contributed by atoms with van der Waals surface area (Å²) in [5.41, 5.74) is 12.2. The van der Waals surface area contributed by atoms with Gasteiger partial charge in [-0.25, -0.2) is 0 Å². The molecule has 0 amide bonds. The Morgan fingerprint density at radius 2 is 0.981 bits per heavy atom. The van der Waals surface area contributed by atoms with Gasteiger partial charge in [-0.1, -0.05) is 170 Å². The van der Waals surface area contributed by atoms with Crippen LogP contribution in [0.5, 0.6) is 0 Å². The van der Waals surface area contributed by atoms with Crippen LogP contribution in [-0.2, 0) is 6.54 Å². The zero-order chi connectivity index (χ0) is 35.1. The molecule has 0 radical (unpaired) electrons. The molecule has 9 aromatic carbocycles. The molecule has 0 saturated carbocycles. The van der Waals surface area contributed by atoms with E-state index in [1.807, 2.05) is 0 Å². The molecule has 1 aromatic heterocycles. The first-order chi connectivity index (χ1) is 26.3. The van der Waals surface area contributed by atoms with E-state index in [2.05, 4.69) is 205 Å². The molecule has 53 heavy (non-hydrogen) atoms. The Bertz CT molecular complexity index is 2910. The first kappa shape index (κ1) is 30.9. The third-order valence-corrected chi connectivity index (χ3v) is 10.5. The van der Waals surface area contributed by atoms with Crippen LogP contribution in [0.15, 0.2) is 205 Å². The number of fused-ring (bicyclic) bond motifs is 6. The van der Waals surface area contributed by atoms with E-state index >= 15 is 0 Å². The summed E-state index contributed by atoms with van der Waals surface area (Å²) in [6.07, 6.45) is 0. The molecular formula is C51H35NO. The first-order valence-electron chi connectivity index (χ1n) is 18.2. The molecule has 0 spiro atoms. The lowest BCUT2D eigenvalue weighted by Gasteiger charge is -2.28. The van der Waals surface area contributed by atoms with E-state index in [-0.39, 0.29) is 0 Å². The zero-order valence-corrected chi connectivity index (χ0v) is 29.1. The zero-order valence-electron chi connectivity index (χ0n) is 29.1. The Balaban J connectivity index is 1.26. The standard InChI is InChI=1S/C51H35NO/c1-4-15-35(16-5-1)42-30-29-41(33-46(42)37-19-8-3-9-20-37)52(34-40-23-14-22-39-28-27-38-21-10-11-24-43(38)49(39)40)47-32-31-44(36-17-6-2-7-18-36)51-50(47)45-25-12-13-26-48(45)53-51/h1-33H,34H2. The Morgan fingerprint density at radius 1 is 0.396 bits per heavy atom. The van der Waals surface area contributed by atoms with Crippen molar-refractivity contribution >= 4 is 54.9 Å². The molecule has 0 atom stereocenters. The van der Waals surface area contributed by atoms with Crippen LogP contribution in [0, 0.1) is 0 Å². The van der Waals surface area contributed by atoms with Gasteiger partial charge < -0.3 is 9.32 Å². The van der Waals surface area contributed by atoms with Gasteiger partial charge in [-0.05, 0) is 85.3 Å². The van der Waals surface area contributed by atoms with Crippen molar-refractivity contribution < 1.29 is 4.42 Å². The summed E-state index contributed by atoms with van der Waals surface area (Å²) in [6.45, 7) is 0.656.